The normalized spacial score (nSPS) is 11.4. The molecule has 29 heavy (non-hydrogen) atoms. The van der Waals surface area contributed by atoms with E-state index in [0.717, 1.165) is 9.87 Å². The monoisotopic (exact) mass is 414 g/mol. The number of methoxy groups -OCH3 is 1. The molecular formula is C21H22N2O5S. The number of rotatable bonds is 9. The van der Waals surface area contributed by atoms with Crippen molar-refractivity contribution in [2.75, 3.05) is 13.7 Å². The lowest BCUT2D eigenvalue weighted by Gasteiger charge is -2.21. The fourth-order valence-corrected chi connectivity index (χ4v) is 4.19. The van der Waals surface area contributed by atoms with E-state index in [2.05, 4.69) is 5.32 Å². The van der Waals surface area contributed by atoms with Crippen LogP contribution in [0.5, 0.6) is 5.75 Å². The van der Waals surface area contributed by atoms with Gasteiger partial charge in [-0.3, -0.25) is 4.79 Å². The summed E-state index contributed by atoms with van der Waals surface area (Å²) < 4.78 is 37.8. The lowest BCUT2D eigenvalue weighted by atomic mass is 10.2. The third kappa shape index (κ3) is 5.24. The Kier molecular flexibility index (Phi) is 6.69. The summed E-state index contributed by atoms with van der Waals surface area (Å²) in [7, 11) is -2.33. The van der Waals surface area contributed by atoms with Crippen LogP contribution in [0.15, 0.2) is 82.3 Å². The minimum atomic E-state index is -3.88. The Labute approximate surface area is 170 Å². The molecule has 0 saturated carbocycles. The van der Waals surface area contributed by atoms with Crippen LogP contribution in [0, 0.1) is 0 Å². The molecule has 0 radical (unpaired) electrons. The second kappa shape index (κ2) is 9.40. The quantitative estimate of drug-likeness (QED) is 0.582. The SMILES string of the molecule is COc1ccccc1CNC(=O)CN(Cc1ccco1)S(=O)(=O)c1ccccc1. The molecule has 0 saturated heterocycles. The van der Waals surface area contributed by atoms with Crippen LogP contribution in [0.25, 0.3) is 0 Å². The maximum Gasteiger partial charge on any atom is 0.243 e. The van der Waals surface area contributed by atoms with Crippen LogP contribution >= 0.6 is 0 Å². The number of ether oxygens (including phenoxy) is 1. The lowest BCUT2D eigenvalue weighted by molar-refractivity contribution is -0.121. The van der Waals surface area contributed by atoms with Crippen LogP contribution < -0.4 is 10.1 Å². The van der Waals surface area contributed by atoms with Gasteiger partial charge in [0.15, 0.2) is 0 Å². The van der Waals surface area contributed by atoms with Crippen molar-refractivity contribution in [2.45, 2.75) is 18.0 Å². The van der Waals surface area contributed by atoms with E-state index >= 15 is 0 Å². The number of benzene rings is 2. The van der Waals surface area contributed by atoms with Gasteiger partial charge in [0.25, 0.3) is 0 Å². The molecule has 3 aromatic rings. The molecule has 0 atom stereocenters. The van der Waals surface area contributed by atoms with Gasteiger partial charge in [-0.1, -0.05) is 36.4 Å². The molecule has 1 heterocycles. The molecular weight excluding hydrogens is 392 g/mol. The standard InChI is InChI=1S/C21H22N2O5S/c1-27-20-12-6-5-8-17(20)14-22-21(24)16-23(15-18-9-7-13-28-18)29(25,26)19-10-3-2-4-11-19/h2-13H,14-16H2,1H3,(H,22,24). The van der Waals surface area contributed by atoms with E-state index in [4.69, 9.17) is 9.15 Å². The molecule has 2 aromatic carbocycles. The van der Waals surface area contributed by atoms with Gasteiger partial charge in [0, 0.05) is 12.1 Å². The molecule has 0 spiro atoms. The highest BCUT2D eigenvalue weighted by atomic mass is 32.2. The van der Waals surface area contributed by atoms with Crippen molar-refractivity contribution in [3.8, 4) is 5.75 Å². The molecule has 1 amide bonds. The van der Waals surface area contributed by atoms with E-state index in [1.54, 1.807) is 43.5 Å². The fourth-order valence-electron chi connectivity index (χ4n) is 2.80. The largest absolute Gasteiger partial charge is 0.496 e. The van der Waals surface area contributed by atoms with Gasteiger partial charge in [-0.15, -0.1) is 0 Å². The predicted molar refractivity (Wildman–Crippen MR) is 108 cm³/mol. The zero-order valence-electron chi connectivity index (χ0n) is 15.9. The highest BCUT2D eigenvalue weighted by molar-refractivity contribution is 7.89. The van der Waals surface area contributed by atoms with E-state index in [1.807, 2.05) is 18.2 Å². The van der Waals surface area contributed by atoms with Crippen LogP contribution in [0.4, 0.5) is 0 Å². The Morgan fingerprint density at radius 3 is 2.45 bits per heavy atom. The first-order valence-electron chi connectivity index (χ1n) is 8.97. The van der Waals surface area contributed by atoms with Crippen LogP contribution in [-0.4, -0.2) is 32.3 Å². The van der Waals surface area contributed by atoms with Gasteiger partial charge in [-0.05, 0) is 30.3 Å². The summed E-state index contributed by atoms with van der Waals surface area (Å²) in [5.74, 6) is 0.668. The van der Waals surface area contributed by atoms with Crippen LogP contribution in [0.3, 0.4) is 0 Å². The molecule has 1 aromatic heterocycles. The molecule has 7 nitrogen and oxygen atoms in total. The summed E-state index contributed by atoms with van der Waals surface area (Å²) in [5, 5.41) is 2.75. The Balaban J connectivity index is 1.75. The second-order valence-corrected chi connectivity index (χ2v) is 8.19. The molecule has 0 fully saturated rings. The highest BCUT2D eigenvalue weighted by Crippen LogP contribution is 2.19. The van der Waals surface area contributed by atoms with E-state index in [1.165, 1.54) is 18.4 Å². The number of para-hydroxylation sites is 1. The molecule has 0 aliphatic rings. The molecule has 1 N–H and O–H groups in total. The van der Waals surface area contributed by atoms with Crippen molar-refractivity contribution in [1.82, 2.24) is 9.62 Å². The minimum absolute atomic E-state index is 0.0493. The van der Waals surface area contributed by atoms with Crippen LogP contribution in [0.2, 0.25) is 0 Å². The number of hydrogen-bond donors (Lipinski definition) is 1. The Bertz CT molecular complexity index is 1030. The van der Waals surface area contributed by atoms with Crippen molar-refractivity contribution in [1.29, 1.82) is 0 Å². The van der Waals surface area contributed by atoms with E-state index in [9.17, 15) is 13.2 Å². The maximum atomic E-state index is 13.1. The van der Waals surface area contributed by atoms with Gasteiger partial charge < -0.3 is 14.5 Å². The number of carbonyl (C=O) groups is 1. The maximum absolute atomic E-state index is 13.1. The highest BCUT2D eigenvalue weighted by Gasteiger charge is 2.27. The first-order valence-corrected chi connectivity index (χ1v) is 10.4. The third-order valence-corrected chi connectivity index (χ3v) is 6.09. The van der Waals surface area contributed by atoms with Crippen molar-refractivity contribution in [3.63, 3.8) is 0 Å². The van der Waals surface area contributed by atoms with Gasteiger partial charge in [-0.2, -0.15) is 4.31 Å². The smallest absolute Gasteiger partial charge is 0.243 e. The topological polar surface area (TPSA) is 88.8 Å². The molecule has 3 rings (SSSR count). The number of carbonyl (C=O) groups excluding carboxylic acids is 1. The van der Waals surface area contributed by atoms with Crippen molar-refractivity contribution < 1.29 is 22.4 Å². The van der Waals surface area contributed by atoms with Gasteiger partial charge in [0.05, 0.1) is 31.4 Å². The van der Waals surface area contributed by atoms with Crippen molar-refractivity contribution in [2.24, 2.45) is 0 Å². The van der Waals surface area contributed by atoms with Gasteiger partial charge in [-0.25, -0.2) is 8.42 Å². The summed E-state index contributed by atoms with van der Waals surface area (Å²) >= 11 is 0. The van der Waals surface area contributed by atoms with Crippen molar-refractivity contribution in [3.05, 3.63) is 84.3 Å². The second-order valence-electron chi connectivity index (χ2n) is 6.25. The number of hydrogen-bond acceptors (Lipinski definition) is 5. The van der Waals surface area contributed by atoms with E-state index < -0.39 is 15.9 Å². The number of sulfonamides is 1. The Morgan fingerprint density at radius 1 is 1.03 bits per heavy atom. The first-order chi connectivity index (χ1) is 14.0. The molecule has 0 aliphatic heterocycles. The summed E-state index contributed by atoms with van der Waals surface area (Å²) in [4.78, 5) is 12.7. The first kappa shape index (κ1) is 20.6. The van der Waals surface area contributed by atoms with Crippen LogP contribution in [0.1, 0.15) is 11.3 Å². The van der Waals surface area contributed by atoms with Crippen LogP contribution in [-0.2, 0) is 27.9 Å². The summed E-state index contributed by atoms with van der Waals surface area (Å²) in [6.07, 6.45) is 1.46. The lowest BCUT2D eigenvalue weighted by Crippen LogP contribution is -2.40. The predicted octanol–water partition coefficient (Wildman–Crippen LogP) is 2.80. The van der Waals surface area contributed by atoms with Gasteiger partial charge >= 0.3 is 0 Å². The number of nitrogens with zero attached hydrogens (tertiary/aromatic N) is 1. The molecule has 0 unspecified atom stereocenters. The number of furan rings is 1. The fraction of sp³-hybridized carbons (Fsp3) is 0.190. The number of amides is 1. The Morgan fingerprint density at radius 2 is 1.76 bits per heavy atom. The zero-order valence-corrected chi connectivity index (χ0v) is 16.8. The van der Waals surface area contributed by atoms with E-state index in [0.29, 0.717) is 11.5 Å². The summed E-state index contributed by atoms with van der Waals surface area (Å²) in [6.45, 7) is -0.164. The third-order valence-electron chi connectivity index (χ3n) is 4.28. The zero-order chi connectivity index (χ0) is 20.7. The number of nitrogens with one attached hydrogen (secondary N) is 1. The molecule has 8 heteroatoms. The summed E-state index contributed by atoms with van der Waals surface area (Å²) in [6, 6.07) is 18.6. The molecule has 0 bridgehead atoms. The average Bonchev–Trinajstić information content (AvgIpc) is 3.26. The molecule has 152 valence electrons. The molecule has 0 aliphatic carbocycles. The van der Waals surface area contributed by atoms with E-state index in [-0.39, 0.29) is 24.5 Å². The van der Waals surface area contributed by atoms with Gasteiger partial charge in [0.2, 0.25) is 15.9 Å². The summed E-state index contributed by atoms with van der Waals surface area (Å²) in [5.41, 5.74) is 0.798. The van der Waals surface area contributed by atoms with Gasteiger partial charge in [0.1, 0.15) is 11.5 Å². The van der Waals surface area contributed by atoms with Crippen molar-refractivity contribution >= 4 is 15.9 Å². The minimum Gasteiger partial charge on any atom is -0.496 e. The Hall–Kier alpha value is -3.10. The average molecular weight is 414 g/mol.